The van der Waals surface area contributed by atoms with E-state index < -0.39 is 76.1 Å². The molecular weight excluding hydrogens is 508 g/mol. The Morgan fingerprint density at radius 2 is 1.72 bits per heavy atom. The van der Waals surface area contributed by atoms with Gasteiger partial charge in [-0.2, -0.15) is 0 Å². The van der Waals surface area contributed by atoms with Crippen LogP contribution < -0.4 is 0 Å². The molecule has 39 heavy (non-hydrogen) atoms. The minimum atomic E-state index is -2.95. The number of rotatable bonds is 4. The van der Waals surface area contributed by atoms with E-state index in [2.05, 4.69) is 0 Å². The molecule has 2 aromatic carbocycles. The maximum Gasteiger partial charge on any atom is 0.342 e. The molecule has 5 rings (SSSR count). The molecule has 2 aromatic rings. The van der Waals surface area contributed by atoms with Crippen molar-refractivity contribution in [3.63, 3.8) is 0 Å². The van der Waals surface area contributed by atoms with Crippen LogP contribution >= 0.6 is 0 Å². The summed E-state index contributed by atoms with van der Waals surface area (Å²) in [5.41, 5.74) is -2.48. The molecule has 3 aliphatic rings. The van der Waals surface area contributed by atoms with Crippen LogP contribution in [0.1, 0.15) is 47.1 Å². The molecule has 202 valence electrons. The van der Waals surface area contributed by atoms with E-state index in [-0.39, 0.29) is 23.5 Å². The predicted molar refractivity (Wildman–Crippen MR) is 137 cm³/mol. The average molecular weight is 535 g/mol. The summed E-state index contributed by atoms with van der Waals surface area (Å²) >= 11 is 0. The number of aromatic hydroxyl groups is 1. The van der Waals surface area contributed by atoms with Crippen LogP contribution in [0.3, 0.4) is 0 Å². The number of carbonyl (C=O) groups excluding carboxylic acids is 2. The van der Waals surface area contributed by atoms with Crippen LogP contribution in [0, 0.1) is 11.8 Å². The predicted octanol–water partition coefficient (Wildman–Crippen LogP) is 2.22. The molecule has 5 unspecified atom stereocenters. The van der Waals surface area contributed by atoms with Gasteiger partial charge in [-0.25, -0.2) is 4.79 Å². The first-order valence-corrected chi connectivity index (χ1v) is 12.3. The number of fused-ring (bicyclic) bond motifs is 3. The largest absolute Gasteiger partial charge is 0.508 e. The van der Waals surface area contributed by atoms with Crippen LogP contribution in [0.2, 0.25) is 0 Å². The molecule has 1 fully saturated rings. The zero-order valence-corrected chi connectivity index (χ0v) is 20.7. The lowest BCUT2D eigenvalue weighted by Crippen LogP contribution is -2.63. The molecule has 7 N–H and O–H groups in total. The van der Waals surface area contributed by atoms with E-state index in [9.17, 15) is 50.1 Å². The Morgan fingerprint density at radius 3 is 2.33 bits per heavy atom. The summed E-state index contributed by atoms with van der Waals surface area (Å²) in [5, 5.41) is 74.2. The van der Waals surface area contributed by atoms with Gasteiger partial charge in [-0.1, -0.05) is 55.5 Å². The Labute approximate surface area is 222 Å². The lowest BCUT2D eigenvalue weighted by Gasteiger charge is -2.50. The molecule has 10 heteroatoms. The van der Waals surface area contributed by atoms with Crippen molar-refractivity contribution in [2.75, 3.05) is 0 Å². The van der Waals surface area contributed by atoms with Gasteiger partial charge < -0.3 is 35.7 Å². The fraction of sp³-hybridized carbons (Fsp3) is 0.276. The molecular formula is C29H26O10. The van der Waals surface area contributed by atoms with E-state index in [4.69, 9.17) is 0 Å². The molecule has 0 amide bonds. The molecule has 1 saturated carbocycles. The number of aliphatic hydroxyl groups excluding tert-OH is 4. The number of phenols is 1. The van der Waals surface area contributed by atoms with Crippen molar-refractivity contribution < 1.29 is 50.1 Å². The third-order valence-electron chi connectivity index (χ3n) is 8.12. The zero-order valence-electron chi connectivity index (χ0n) is 20.7. The first-order valence-electron chi connectivity index (χ1n) is 12.3. The fourth-order valence-corrected chi connectivity index (χ4v) is 6.03. The van der Waals surface area contributed by atoms with Gasteiger partial charge in [0, 0.05) is 29.4 Å². The smallest absolute Gasteiger partial charge is 0.342 e. The number of benzene rings is 2. The maximum atomic E-state index is 13.7. The molecule has 0 aromatic heterocycles. The second kappa shape index (κ2) is 9.19. The van der Waals surface area contributed by atoms with Crippen LogP contribution in [-0.4, -0.2) is 65.0 Å². The number of carbonyl (C=O) groups is 3. The highest BCUT2D eigenvalue weighted by Gasteiger charge is 2.65. The second-order valence-corrected chi connectivity index (χ2v) is 10.1. The van der Waals surface area contributed by atoms with Gasteiger partial charge in [-0.05, 0) is 22.6 Å². The van der Waals surface area contributed by atoms with Gasteiger partial charge in [0.1, 0.15) is 17.1 Å². The first kappa shape index (κ1) is 26.4. The summed E-state index contributed by atoms with van der Waals surface area (Å²) in [7, 11) is 0. The van der Waals surface area contributed by atoms with E-state index in [1.807, 2.05) is 0 Å². The number of phenolic OH excluding ortho intramolecular Hbond substituents is 1. The number of hydrogen-bond donors (Lipinski definition) is 7. The first-order chi connectivity index (χ1) is 18.4. The van der Waals surface area contributed by atoms with Crippen LogP contribution in [0.25, 0.3) is 17.9 Å². The van der Waals surface area contributed by atoms with Gasteiger partial charge in [0.05, 0.1) is 18.3 Å². The standard InChI is InChI=1S/C29H26O10/c1-12-16-9-8-15(7-6-13-2-4-14(11-30)5-3-13)23(32)20(16)25(34)22-19(12)24(33)17-10-18(31)21(28(37)38)26(35)29(17,39)27(22)36/h2-9,12,17,19,24,30,32-35,39H,10-11H2,1H3,(H,37,38)/b7-6+. The number of carboxylic acid groups (broad SMARTS) is 1. The number of aliphatic hydroxyl groups is 5. The summed E-state index contributed by atoms with van der Waals surface area (Å²) in [5.74, 6) is -9.91. The SMILES string of the molecule is CC1c2ccc(/C=C/c3ccc(CO)cc3)c(O)c2C(O)=C2C(=O)C3(O)C(O)=C(C(=O)O)C(=O)CC3C(O)C21. The second-order valence-electron chi connectivity index (χ2n) is 10.1. The summed E-state index contributed by atoms with van der Waals surface area (Å²) in [6.45, 7) is 1.55. The van der Waals surface area contributed by atoms with Crippen molar-refractivity contribution >= 4 is 35.4 Å². The van der Waals surface area contributed by atoms with Gasteiger partial charge in [0.25, 0.3) is 0 Å². The van der Waals surface area contributed by atoms with Gasteiger partial charge in [-0.3, -0.25) is 9.59 Å². The van der Waals surface area contributed by atoms with Crippen molar-refractivity contribution in [3.05, 3.63) is 81.1 Å². The molecule has 0 spiro atoms. The van der Waals surface area contributed by atoms with E-state index in [0.717, 1.165) is 11.1 Å². The highest BCUT2D eigenvalue weighted by atomic mass is 16.4. The molecule has 0 radical (unpaired) electrons. The molecule has 0 bridgehead atoms. The highest BCUT2D eigenvalue weighted by Crippen LogP contribution is 2.55. The van der Waals surface area contributed by atoms with Crippen molar-refractivity contribution in [3.8, 4) is 5.75 Å². The van der Waals surface area contributed by atoms with Crippen molar-refractivity contribution in [1.82, 2.24) is 0 Å². The minimum Gasteiger partial charge on any atom is -0.508 e. The zero-order chi connectivity index (χ0) is 28.4. The normalized spacial score (nSPS) is 28.4. The van der Waals surface area contributed by atoms with Crippen LogP contribution in [0.4, 0.5) is 0 Å². The highest BCUT2D eigenvalue weighted by molar-refractivity contribution is 6.21. The fourth-order valence-electron chi connectivity index (χ4n) is 6.03. The lowest BCUT2D eigenvalue weighted by atomic mass is 9.55. The molecule has 0 saturated heterocycles. The van der Waals surface area contributed by atoms with Crippen LogP contribution in [0.15, 0.2) is 53.3 Å². The molecule has 5 atom stereocenters. The Balaban J connectivity index is 1.64. The number of ketones is 2. The maximum absolute atomic E-state index is 13.7. The van der Waals surface area contributed by atoms with E-state index in [1.54, 1.807) is 55.5 Å². The Kier molecular flexibility index (Phi) is 6.21. The van der Waals surface area contributed by atoms with Crippen molar-refractivity contribution in [2.24, 2.45) is 11.8 Å². The van der Waals surface area contributed by atoms with E-state index in [1.165, 1.54) is 0 Å². The summed E-state index contributed by atoms with van der Waals surface area (Å²) in [6.07, 6.45) is 0.964. The monoisotopic (exact) mass is 534 g/mol. The van der Waals surface area contributed by atoms with Gasteiger partial charge in [-0.15, -0.1) is 0 Å². The van der Waals surface area contributed by atoms with Crippen LogP contribution in [-0.2, 0) is 21.0 Å². The molecule has 10 nitrogen and oxygen atoms in total. The van der Waals surface area contributed by atoms with E-state index in [0.29, 0.717) is 5.56 Å². The number of carboxylic acids is 1. The Hall–Kier alpha value is -4.25. The lowest BCUT2D eigenvalue weighted by molar-refractivity contribution is -0.161. The number of Topliss-reactive ketones (excluding diaryl/α,β-unsaturated/α-hetero) is 2. The van der Waals surface area contributed by atoms with Crippen molar-refractivity contribution in [2.45, 2.75) is 37.6 Å². The topological polar surface area (TPSA) is 193 Å². The third kappa shape index (κ3) is 3.71. The summed E-state index contributed by atoms with van der Waals surface area (Å²) < 4.78 is 0. The minimum absolute atomic E-state index is 0.0945. The Morgan fingerprint density at radius 1 is 1.05 bits per heavy atom. The van der Waals surface area contributed by atoms with E-state index >= 15 is 0 Å². The van der Waals surface area contributed by atoms with Gasteiger partial charge in [0.15, 0.2) is 17.1 Å². The third-order valence-corrected chi connectivity index (χ3v) is 8.12. The molecule has 0 heterocycles. The summed E-state index contributed by atoms with van der Waals surface area (Å²) in [4.78, 5) is 37.7. The number of hydrogen-bond acceptors (Lipinski definition) is 9. The average Bonchev–Trinajstić information content (AvgIpc) is 2.90. The molecule has 3 aliphatic carbocycles. The quantitative estimate of drug-likeness (QED) is 0.226. The summed E-state index contributed by atoms with van der Waals surface area (Å²) in [6, 6.07) is 10.2. The molecule has 0 aliphatic heterocycles. The van der Waals surface area contributed by atoms with Gasteiger partial charge >= 0.3 is 5.97 Å². The van der Waals surface area contributed by atoms with Gasteiger partial charge in [0.2, 0.25) is 5.78 Å². The number of aliphatic carboxylic acids is 1. The Bertz CT molecular complexity index is 1510. The van der Waals surface area contributed by atoms with Crippen LogP contribution in [0.5, 0.6) is 5.75 Å². The van der Waals surface area contributed by atoms with Crippen molar-refractivity contribution in [1.29, 1.82) is 0 Å².